The van der Waals surface area contributed by atoms with Crippen molar-refractivity contribution in [2.24, 2.45) is 4.99 Å². The maximum Gasteiger partial charge on any atom is 0.326 e. The zero-order valence-electron chi connectivity index (χ0n) is 9.69. The SMILES string of the molecule is CC(C)(C)OC(=O)CN1CCSC1=NC#N. The Morgan fingerprint density at radius 1 is 1.69 bits per heavy atom. The van der Waals surface area contributed by atoms with E-state index in [0.717, 1.165) is 12.3 Å². The standard InChI is InChI=1S/C10H15N3O2S/c1-10(2,3)15-8(14)6-13-4-5-16-9(13)12-7-11/h4-6H2,1-3H3. The molecule has 0 amide bonds. The molecule has 88 valence electrons. The zero-order chi connectivity index (χ0) is 12.2. The quantitative estimate of drug-likeness (QED) is 0.537. The monoisotopic (exact) mass is 241 g/mol. The molecule has 0 unspecified atom stereocenters. The van der Waals surface area contributed by atoms with E-state index in [1.807, 2.05) is 20.8 Å². The topological polar surface area (TPSA) is 65.7 Å². The highest BCUT2D eigenvalue weighted by molar-refractivity contribution is 8.14. The Morgan fingerprint density at radius 2 is 2.38 bits per heavy atom. The van der Waals surface area contributed by atoms with Gasteiger partial charge in [0.25, 0.3) is 0 Å². The van der Waals surface area contributed by atoms with E-state index in [1.54, 1.807) is 11.1 Å². The Morgan fingerprint density at radius 3 is 2.94 bits per heavy atom. The summed E-state index contributed by atoms with van der Waals surface area (Å²) in [7, 11) is 0. The van der Waals surface area contributed by atoms with Gasteiger partial charge >= 0.3 is 5.97 Å². The third-order valence-electron chi connectivity index (χ3n) is 1.75. The van der Waals surface area contributed by atoms with Gasteiger partial charge in [-0.15, -0.1) is 4.99 Å². The average molecular weight is 241 g/mol. The molecule has 16 heavy (non-hydrogen) atoms. The van der Waals surface area contributed by atoms with E-state index < -0.39 is 5.60 Å². The van der Waals surface area contributed by atoms with Crippen LogP contribution in [0.15, 0.2) is 4.99 Å². The molecule has 1 saturated heterocycles. The molecule has 0 N–H and O–H groups in total. The minimum atomic E-state index is -0.476. The number of carbonyl (C=O) groups is 1. The highest BCUT2D eigenvalue weighted by Crippen LogP contribution is 2.18. The van der Waals surface area contributed by atoms with Crippen LogP contribution in [0.25, 0.3) is 0 Å². The van der Waals surface area contributed by atoms with Gasteiger partial charge < -0.3 is 9.64 Å². The number of nitrogens with zero attached hydrogens (tertiary/aromatic N) is 3. The molecule has 1 heterocycles. The number of ether oxygens (including phenoxy) is 1. The van der Waals surface area contributed by atoms with Crippen molar-refractivity contribution in [2.75, 3.05) is 18.8 Å². The van der Waals surface area contributed by atoms with E-state index >= 15 is 0 Å². The van der Waals surface area contributed by atoms with Gasteiger partial charge in [0, 0.05) is 12.3 Å². The van der Waals surface area contributed by atoms with Crippen molar-refractivity contribution < 1.29 is 9.53 Å². The van der Waals surface area contributed by atoms with Crippen LogP contribution in [0.4, 0.5) is 0 Å². The highest BCUT2D eigenvalue weighted by Gasteiger charge is 2.24. The van der Waals surface area contributed by atoms with Gasteiger partial charge in [-0.3, -0.25) is 4.79 Å². The van der Waals surface area contributed by atoms with Crippen molar-refractivity contribution in [1.29, 1.82) is 5.26 Å². The van der Waals surface area contributed by atoms with Crippen LogP contribution in [0.5, 0.6) is 0 Å². The molecule has 0 radical (unpaired) electrons. The summed E-state index contributed by atoms with van der Waals surface area (Å²) in [5.41, 5.74) is -0.476. The molecule has 1 aliphatic rings. The van der Waals surface area contributed by atoms with E-state index in [0.29, 0.717) is 5.17 Å². The number of aliphatic imine (C=N–C) groups is 1. The molecule has 0 spiro atoms. The van der Waals surface area contributed by atoms with Gasteiger partial charge in [0.2, 0.25) is 6.19 Å². The van der Waals surface area contributed by atoms with E-state index in [9.17, 15) is 4.79 Å². The third-order valence-corrected chi connectivity index (χ3v) is 2.74. The lowest BCUT2D eigenvalue weighted by molar-refractivity contribution is -0.155. The second-order valence-corrected chi connectivity index (χ2v) is 5.41. The van der Waals surface area contributed by atoms with Crippen LogP contribution in [0, 0.1) is 11.5 Å². The Labute approximate surface area is 99.5 Å². The summed E-state index contributed by atoms with van der Waals surface area (Å²) in [5, 5.41) is 9.08. The Hall–Kier alpha value is -1.22. The molecular weight excluding hydrogens is 226 g/mol. The molecule has 0 aliphatic carbocycles. The molecule has 1 rings (SSSR count). The summed E-state index contributed by atoms with van der Waals surface area (Å²) in [6, 6.07) is 0. The van der Waals surface area contributed by atoms with Crippen LogP contribution in [0.3, 0.4) is 0 Å². The molecule has 0 aromatic carbocycles. The van der Waals surface area contributed by atoms with Crippen LogP contribution in [0.1, 0.15) is 20.8 Å². The average Bonchev–Trinajstić information content (AvgIpc) is 2.50. The molecule has 1 fully saturated rings. The first-order chi connectivity index (χ1) is 7.42. The molecule has 0 bridgehead atoms. The number of amidine groups is 1. The molecule has 0 aromatic heterocycles. The Balaban J connectivity index is 2.52. The second-order valence-electron chi connectivity index (χ2n) is 4.35. The first kappa shape index (κ1) is 12.8. The van der Waals surface area contributed by atoms with E-state index in [-0.39, 0.29) is 12.5 Å². The normalized spacial score (nSPS) is 18.6. The predicted octanol–water partition coefficient (Wildman–Crippen LogP) is 1.21. The minimum absolute atomic E-state index is 0.158. The van der Waals surface area contributed by atoms with Crippen LogP contribution in [-0.2, 0) is 9.53 Å². The Bertz CT molecular complexity index is 341. The third kappa shape index (κ3) is 4.11. The van der Waals surface area contributed by atoms with Gasteiger partial charge in [-0.25, -0.2) is 0 Å². The number of carbonyl (C=O) groups excluding carboxylic acids is 1. The summed E-state index contributed by atoms with van der Waals surface area (Å²) < 4.78 is 5.20. The lowest BCUT2D eigenvalue weighted by Crippen LogP contribution is -2.35. The van der Waals surface area contributed by atoms with Crippen molar-refractivity contribution in [1.82, 2.24) is 4.90 Å². The van der Waals surface area contributed by atoms with E-state index in [2.05, 4.69) is 4.99 Å². The number of thioether (sulfide) groups is 1. The van der Waals surface area contributed by atoms with Crippen LogP contribution in [0.2, 0.25) is 0 Å². The maximum absolute atomic E-state index is 11.6. The second kappa shape index (κ2) is 5.21. The summed E-state index contributed by atoms with van der Waals surface area (Å²) in [4.78, 5) is 17.0. The Kier molecular flexibility index (Phi) is 4.19. The number of rotatable bonds is 2. The van der Waals surface area contributed by atoms with Gasteiger partial charge in [0.05, 0.1) is 0 Å². The van der Waals surface area contributed by atoms with Crippen LogP contribution in [-0.4, -0.2) is 40.5 Å². The molecule has 5 nitrogen and oxygen atoms in total. The van der Waals surface area contributed by atoms with E-state index in [4.69, 9.17) is 10.00 Å². The first-order valence-corrected chi connectivity index (χ1v) is 5.97. The van der Waals surface area contributed by atoms with Crippen molar-refractivity contribution in [3.8, 4) is 6.19 Å². The van der Waals surface area contributed by atoms with Crippen molar-refractivity contribution >= 4 is 22.9 Å². The molecule has 0 atom stereocenters. The molecule has 6 heteroatoms. The summed E-state index contributed by atoms with van der Waals surface area (Å²) in [6.45, 7) is 6.37. The van der Waals surface area contributed by atoms with E-state index in [1.165, 1.54) is 11.8 Å². The summed E-state index contributed by atoms with van der Waals surface area (Å²) in [5.74, 6) is 0.559. The lowest BCUT2D eigenvalue weighted by atomic mass is 10.2. The fourth-order valence-corrected chi connectivity index (χ4v) is 2.19. The number of nitriles is 1. The zero-order valence-corrected chi connectivity index (χ0v) is 10.5. The minimum Gasteiger partial charge on any atom is -0.459 e. The highest BCUT2D eigenvalue weighted by atomic mass is 32.2. The smallest absolute Gasteiger partial charge is 0.326 e. The summed E-state index contributed by atoms with van der Waals surface area (Å²) >= 11 is 1.48. The first-order valence-electron chi connectivity index (χ1n) is 4.99. The van der Waals surface area contributed by atoms with Crippen LogP contribution >= 0.6 is 11.8 Å². The number of hydrogen-bond donors (Lipinski definition) is 0. The fraction of sp³-hybridized carbons (Fsp3) is 0.700. The number of hydrogen-bond acceptors (Lipinski definition) is 5. The molecule has 0 saturated carbocycles. The lowest BCUT2D eigenvalue weighted by Gasteiger charge is -2.22. The molecular formula is C10H15N3O2S. The van der Waals surface area contributed by atoms with Crippen molar-refractivity contribution in [3.05, 3.63) is 0 Å². The predicted molar refractivity (Wildman–Crippen MR) is 62.9 cm³/mol. The van der Waals surface area contributed by atoms with Crippen LogP contribution < -0.4 is 0 Å². The fourth-order valence-electron chi connectivity index (χ4n) is 1.26. The van der Waals surface area contributed by atoms with Gasteiger partial charge in [-0.1, -0.05) is 11.8 Å². The maximum atomic E-state index is 11.6. The van der Waals surface area contributed by atoms with Gasteiger partial charge in [0.1, 0.15) is 12.1 Å². The molecule has 1 aliphatic heterocycles. The molecule has 0 aromatic rings. The number of esters is 1. The van der Waals surface area contributed by atoms with Gasteiger partial charge in [-0.05, 0) is 20.8 Å². The van der Waals surface area contributed by atoms with Crippen molar-refractivity contribution in [3.63, 3.8) is 0 Å². The largest absolute Gasteiger partial charge is 0.459 e. The van der Waals surface area contributed by atoms with Crippen molar-refractivity contribution in [2.45, 2.75) is 26.4 Å². The summed E-state index contributed by atoms with van der Waals surface area (Å²) in [6.07, 6.45) is 1.73. The van der Waals surface area contributed by atoms with Gasteiger partial charge in [0.15, 0.2) is 5.17 Å². The van der Waals surface area contributed by atoms with Gasteiger partial charge in [-0.2, -0.15) is 5.26 Å².